The Morgan fingerprint density at radius 3 is 2.60 bits per heavy atom. The SMILES string of the molecule is Cc1cc(C=O)nc(Cc2cccc(C(F)(F)F)c2)n1. The van der Waals surface area contributed by atoms with Crippen molar-refractivity contribution >= 4 is 6.29 Å². The van der Waals surface area contributed by atoms with Crippen LogP contribution < -0.4 is 0 Å². The van der Waals surface area contributed by atoms with Gasteiger partial charge in [-0.05, 0) is 24.6 Å². The molecule has 0 saturated carbocycles. The largest absolute Gasteiger partial charge is 0.416 e. The van der Waals surface area contributed by atoms with Gasteiger partial charge in [0.15, 0.2) is 6.29 Å². The molecule has 0 atom stereocenters. The number of rotatable bonds is 3. The van der Waals surface area contributed by atoms with Crippen LogP contribution in [-0.4, -0.2) is 16.3 Å². The molecule has 0 unspecified atom stereocenters. The number of nitrogens with zero attached hydrogens (tertiary/aromatic N) is 2. The zero-order chi connectivity index (χ0) is 14.8. The second kappa shape index (κ2) is 5.40. The summed E-state index contributed by atoms with van der Waals surface area (Å²) in [5.74, 6) is 0.325. The van der Waals surface area contributed by atoms with Crippen LogP contribution in [0.4, 0.5) is 13.2 Å². The molecule has 0 fully saturated rings. The Hall–Kier alpha value is -2.24. The topological polar surface area (TPSA) is 42.9 Å². The third-order valence-corrected chi connectivity index (χ3v) is 2.66. The van der Waals surface area contributed by atoms with Gasteiger partial charge >= 0.3 is 6.18 Å². The number of aldehydes is 1. The van der Waals surface area contributed by atoms with Crippen LogP contribution in [0.2, 0.25) is 0 Å². The molecule has 2 rings (SSSR count). The molecular formula is C14H11F3N2O. The van der Waals surface area contributed by atoms with Crippen molar-refractivity contribution in [2.75, 3.05) is 0 Å². The first-order valence-electron chi connectivity index (χ1n) is 5.84. The van der Waals surface area contributed by atoms with E-state index in [1.165, 1.54) is 12.1 Å². The van der Waals surface area contributed by atoms with Gasteiger partial charge < -0.3 is 0 Å². The molecule has 0 N–H and O–H groups in total. The first-order valence-corrected chi connectivity index (χ1v) is 5.84. The molecular weight excluding hydrogens is 269 g/mol. The zero-order valence-electron chi connectivity index (χ0n) is 10.6. The lowest BCUT2D eigenvalue weighted by Crippen LogP contribution is -2.06. The highest BCUT2D eigenvalue weighted by Crippen LogP contribution is 2.29. The van der Waals surface area contributed by atoms with Gasteiger partial charge in [-0.15, -0.1) is 0 Å². The maximum atomic E-state index is 12.6. The number of carbonyl (C=O) groups is 1. The fraction of sp³-hybridized carbons (Fsp3) is 0.214. The van der Waals surface area contributed by atoms with E-state index in [-0.39, 0.29) is 12.1 Å². The molecule has 1 aromatic heterocycles. The smallest absolute Gasteiger partial charge is 0.296 e. The van der Waals surface area contributed by atoms with Crippen molar-refractivity contribution in [3.63, 3.8) is 0 Å². The summed E-state index contributed by atoms with van der Waals surface area (Å²) in [6.07, 6.45) is -3.64. The first-order chi connectivity index (χ1) is 9.38. The van der Waals surface area contributed by atoms with Gasteiger partial charge in [-0.1, -0.05) is 18.2 Å². The van der Waals surface area contributed by atoms with E-state index in [0.717, 1.165) is 12.1 Å². The van der Waals surface area contributed by atoms with Crippen molar-refractivity contribution in [2.45, 2.75) is 19.5 Å². The van der Waals surface area contributed by atoms with Crippen LogP contribution >= 0.6 is 0 Å². The van der Waals surface area contributed by atoms with Gasteiger partial charge in [0.25, 0.3) is 0 Å². The van der Waals surface area contributed by atoms with Crippen molar-refractivity contribution in [3.05, 3.63) is 58.7 Å². The number of carbonyl (C=O) groups excluding carboxylic acids is 1. The Kier molecular flexibility index (Phi) is 3.83. The number of benzene rings is 1. The molecule has 1 aromatic carbocycles. The predicted molar refractivity (Wildman–Crippen MR) is 66.4 cm³/mol. The van der Waals surface area contributed by atoms with Crippen LogP contribution in [0.25, 0.3) is 0 Å². The van der Waals surface area contributed by atoms with Gasteiger partial charge in [0.05, 0.1) is 5.56 Å². The summed E-state index contributed by atoms with van der Waals surface area (Å²) in [7, 11) is 0. The highest BCUT2D eigenvalue weighted by Gasteiger charge is 2.30. The molecule has 20 heavy (non-hydrogen) atoms. The number of halogens is 3. The second-order valence-corrected chi connectivity index (χ2v) is 4.34. The van der Waals surface area contributed by atoms with Crippen LogP contribution in [0.1, 0.15) is 33.1 Å². The van der Waals surface area contributed by atoms with Gasteiger partial charge in [-0.2, -0.15) is 13.2 Å². The monoisotopic (exact) mass is 280 g/mol. The van der Waals surface area contributed by atoms with Gasteiger partial charge in [0.1, 0.15) is 11.5 Å². The average molecular weight is 280 g/mol. The molecule has 0 radical (unpaired) electrons. The minimum atomic E-state index is -4.38. The second-order valence-electron chi connectivity index (χ2n) is 4.34. The summed E-state index contributed by atoms with van der Waals surface area (Å²) in [5, 5.41) is 0. The lowest BCUT2D eigenvalue weighted by Gasteiger charge is -2.08. The van der Waals surface area contributed by atoms with Crippen LogP contribution in [0.5, 0.6) is 0 Å². The maximum absolute atomic E-state index is 12.6. The molecule has 1 heterocycles. The Morgan fingerprint density at radius 1 is 1.20 bits per heavy atom. The van der Waals surface area contributed by atoms with Crippen molar-refractivity contribution < 1.29 is 18.0 Å². The summed E-state index contributed by atoms with van der Waals surface area (Å²) in [6.45, 7) is 1.70. The lowest BCUT2D eigenvalue weighted by atomic mass is 10.1. The minimum absolute atomic E-state index is 0.145. The van der Waals surface area contributed by atoms with Crippen LogP contribution in [0.3, 0.4) is 0 Å². The molecule has 0 spiro atoms. The van der Waals surface area contributed by atoms with E-state index in [1.54, 1.807) is 13.0 Å². The van der Waals surface area contributed by atoms with Gasteiger partial charge in [-0.25, -0.2) is 9.97 Å². The predicted octanol–water partition coefficient (Wildman–Crippen LogP) is 3.21. The van der Waals surface area contributed by atoms with Gasteiger partial charge in [-0.3, -0.25) is 4.79 Å². The highest BCUT2D eigenvalue weighted by molar-refractivity contribution is 5.71. The molecule has 104 valence electrons. The number of hydrogen-bond donors (Lipinski definition) is 0. The molecule has 2 aromatic rings. The van der Waals surface area contributed by atoms with E-state index in [2.05, 4.69) is 9.97 Å². The van der Waals surface area contributed by atoms with E-state index in [1.807, 2.05) is 0 Å². The normalized spacial score (nSPS) is 11.4. The maximum Gasteiger partial charge on any atom is 0.416 e. The third kappa shape index (κ3) is 3.40. The van der Waals surface area contributed by atoms with E-state index in [0.29, 0.717) is 23.4 Å². The Bertz CT molecular complexity index is 639. The summed E-state index contributed by atoms with van der Waals surface area (Å²) in [5.41, 5.74) is 0.559. The summed E-state index contributed by atoms with van der Waals surface area (Å²) >= 11 is 0. The van der Waals surface area contributed by atoms with Crippen molar-refractivity contribution in [2.24, 2.45) is 0 Å². The molecule has 6 heteroatoms. The Labute approximate surface area is 113 Å². The van der Waals surface area contributed by atoms with E-state index in [4.69, 9.17) is 0 Å². The molecule has 0 aliphatic rings. The van der Waals surface area contributed by atoms with Crippen molar-refractivity contribution in [1.29, 1.82) is 0 Å². The number of hydrogen-bond acceptors (Lipinski definition) is 3. The minimum Gasteiger partial charge on any atom is -0.296 e. The van der Waals surface area contributed by atoms with Crippen LogP contribution in [-0.2, 0) is 12.6 Å². The summed E-state index contributed by atoms with van der Waals surface area (Å²) in [4.78, 5) is 18.8. The first kappa shape index (κ1) is 14.2. The number of aryl methyl sites for hydroxylation is 1. The fourth-order valence-corrected chi connectivity index (χ4v) is 1.84. The fourth-order valence-electron chi connectivity index (χ4n) is 1.84. The molecule has 0 amide bonds. The third-order valence-electron chi connectivity index (χ3n) is 2.66. The molecule has 0 aliphatic carbocycles. The number of aromatic nitrogens is 2. The summed E-state index contributed by atoms with van der Waals surface area (Å²) < 4.78 is 37.8. The van der Waals surface area contributed by atoms with Gasteiger partial charge in [0, 0.05) is 12.1 Å². The molecule has 0 saturated heterocycles. The van der Waals surface area contributed by atoms with Crippen molar-refractivity contribution in [3.8, 4) is 0 Å². The standard InChI is InChI=1S/C14H11F3N2O/c1-9-5-12(8-20)19-13(18-9)7-10-3-2-4-11(6-10)14(15,16)17/h2-6,8H,7H2,1H3. The Morgan fingerprint density at radius 2 is 1.95 bits per heavy atom. The van der Waals surface area contributed by atoms with Crippen LogP contribution in [0.15, 0.2) is 30.3 Å². The molecule has 3 nitrogen and oxygen atoms in total. The van der Waals surface area contributed by atoms with Gasteiger partial charge in [0.2, 0.25) is 0 Å². The van der Waals surface area contributed by atoms with E-state index in [9.17, 15) is 18.0 Å². The molecule has 0 aliphatic heterocycles. The zero-order valence-corrected chi connectivity index (χ0v) is 10.6. The quantitative estimate of drug-likeness (QED) is 0.811. The Balaban J connectivity index is 2.30. The van der Waals surface area contributed by atoms with E-state index < -0.39 is 11.7 Å². The summed E-state index contributed by atoms with van der Waals surface area (Å²) in [6, 6.07) is 6.50. The molecule has 0 bridgehead atoms. The van der Waals surface area contributed by atoms with Crippen molar-refractivity contribution in [1.82, 2.24) is 9.97 Å². The highest BCUT2D eigenvalue weighted by atomic mass is 19.4. The van der Waals surface area contributed by atoms with Crippen LogP contribution in [0, 0.1) is 6.92 Å². The lowest BCUT2D eigenvalue weighted by molar-refractivity contribution is -0.137. The van der Waals surface area contributed by atoms with E-state index >= 15 is 0 Å². The number of alkyl halides is 3. The average Bonchev–Trinajstić information content (AvgIpc) is 2.37.